The molecule has 3 nitrogen and oxygen atoms in total. The van der Waals surface area contributed by atoms with E-state index in [1.54, 1.807) is 25.3 Å². The predicted octanol–water partition coefficient (Wildman–Crippen LogP) is 2.52. The molecule has 15 heavy (non-hydrogen) atoms. The van der Waals surface area contributed by atoms with Crippen LogP contribution in [-0.2, 0) is 0 Å². The third kappa shape index (κ3) is 1.85. The molecule has 0 spiro atoms. The van der Waals surface area contributed by atoms with Gasteiger partial charge < -0.3 is 9.15 Å². The second kappa shape index (κ2) is 3.98. The molecule has 2 rings (SSSR count). The van der Waals surface area contributed by atoms with Crippen LogP contribution < -0.4 is 10.2 Å². The van der Waals surface area contributed by atoms with Gasteiger partial charge in [-0.2, -0.15) is 0 Å². The van der Waals surface area contributed by atoms with Crippen LogP contribution in [0.15, 0.2) is 38.6 Å². The van der Waals surface area contributed by atoms with Gasteiger partial charge in [0.2, 0.25) is 0 Å². The van der Waals surface area contributed by atoms with Gasteiger partial charge in [-0.05, 0) is 24.5 Å². The van der Waals surface area contributed by atoms with Crippen molar-refractivity contribution in [3.63, 3.8) is 0 Å². The second-order valence-electron chi connectivity index (χ2n) is 3.00. The topological polar surface area (TPSA) is 39.4 Å². The molecule has 0 aliphatic heterocycles. The van der Waals surface area contributed by atoms with Crippen LogP contribution in [0.3, 0.4) is 0 Å². The minimum Gasteiger partial charge on any atom is -0.497 e. The maximum Gasteiger partial charge on any atom is 0.193 e. The van der Waals surface area contributed by atoms with E-state index in [9.17, 15) is 4.79 Å². The molecule has 78 valence electrons. The summed E-state index contributed by atoms with van der Waals surface area (Å²) >= 11 is 1.41. The molecule has 0 radical (unpaired) electrons. The first-order valence-electron chi connectivity index (χ1n) is 4.40. The van der Waals surface area contributed by atoms with Gasteiger partial charge in [-0.1, -0.05) is 11.8 Å². The molecule has 0 atom stereocenters. The highest BCUT2D eigenvalue weighted by molar-refractivity contribution is 7.98. The molecule has 1 aromatic carbocycles. The number of ether oxygens (including phenoxy) is 1. The largest absolute Gasteiger partial charge is 0.497 e. The number of thioether (sulfide) groups is 1. The Balaban J connectivity index is 2.74. The van der Waals surface area contributed by atoms with Crippen molar-refractivity contribution in [3.05, 3.63) is 34.5 Å². The van der Waals surface area contributed by atoms with Crippen molar-refractivity contribution in [2.45, 2.75) is 5.09 Å². The van der Waals surface area contributed by atoms with Crippen molar-refractivity contribution < 1.29 is 9.15 Å². The Morgan fingerprint density at radius 1 is 1.33 bits per heavy atom. The number of methoxy groups -OCH3 is 1. The summed E-state index contributed by atoms with van der Waals surface area (Å²) in [5.74, 6) is 0.659. The smallest absolute Gasteiger partial charge is 0.193 e. The summed E-state index contributed by atoms with van der Waals surface area (Å²) in [5, 5.41) is 1.17. The third-order valence-electron chi connectivity index (χ3n) is 2.11. The zero-order valence-electron chi connectivity index (χ0n) is 8.44. The van der Waals surface area contributed by atoms with Gasteiger partial charge in [0.1, 0.15) is 11.3 Å². The van der Waals surface area contributed by atoms with Gasteiger partial charge >= 0.3 is 0 Å². The lowest BCUT2D eigenvalue weighted by atomic mass is 10.2. The summed E-state index contributed by atoms with van der Waals surface area (Å²) in [7, 11) is 1.57. The van der Waals surface area contributed by atoms with E-state index in [1.165, 1.54) is 17.8 Å². The minimum absolute atomic E-state index is 0.0421. The van der Waals surface area contributed by atoms with Crippen molar-refractivity contribution in [1.29, 1.82) is 0 Å². The van der Waals surface area contributed by atoms with E-state index in [0.717, 1.165) is 0 Å². The van der Waals surface area contributed by atoms with Crippen LogP contribution in [0.25, 0.3) is 11.0 Å². The summed E-state index contributed by atoms with van der Waals surface area (Å²) in [4.78, 5) is 11.7. The molecular formula is C11H10O3S. The van der Waals surface area contributed by atoms with Crippen LogP contribution in [0.4, 0.5) is 0 Å². The molecule has 0 N–H and O–H groups in total. The first-order chi connectivity index (χ1) is 7.24. The van der Waals surface area contributed by atoms with E-state index < -0.39 is 0 Å². The van der Waals surface area contributed by atoms with Crippen LogP contribution in [0.1, 0.15) is 0 Å². The summed E-state index contributed by atoms with van der Waals surface area (Å²) in [6.07, 6.45) is 1.87. The zero-order chi connectivity index (χ0) is 10.8. The Morgan fingerprint density at radius 3 is 2.80 bits per heavy atom. The van der Waals surface area contributed by atoms with Gasteiger partial charge in [0.25, 0.3) is 0 Å². The third-order valence-corrected chi connectivity index (χ3v) is 2.72. The van der Waals surface area contributed by atoms with E-state index in [-0.39, 0.29) is 5.43 Å². The van der Waals surface area contributed by atoms with Crippen molar-refractivity contribution in [2.75, 3.05) is 13.4 Å². The number of benzene rings is 1. The maximum absolute atomic E-state index is 11.7. The van der Waals surface area contributed by atoms with E-state index in [1.807, 2.05) is 6.26 Å². The summed E-state index contributed by atoms with van der Waals surface area (Å²) in [6.45, 7) is 0. The van der Waals surface area contributed by atoms with Gasteiger partial charge in [-0.15, -0.1) is 0 Å². The Bertz CT molecular complexity index is 545. The molecule has 0 saturated heterocycles. The van der Waals surface area contributed by atoms with Crippen LogP contribution >= 0.6 is 11.8 Å². The standard InChI is InChI=1S/C11H10O3S/c1-13-7-3-4-10-8(5-7)9(12)6-11(14-10)15-2/h3-6H,1-2H3. The minimum atomic E-state index is -0.0421. The molecular weight excluding hydrogens is 212 g/mol. The molecule has 0 bridgehead atoms. The molecule has 1 aromatic heterocycles. The summed E-state index contributed by atoms with van der Waals surface area (Å²) in [5.41, 5.74) is 0.548. The van der Waals surface area contributed by atoms with Gasteiger partial charge in [-0.25, -0.2) is 0 Å². The van der Waals surface area contributed by atoms with Crippen molar-refractivity contribution in [3.8, 4) is 5.75 Å². The van der Waals surface area contributed by atoms with Crippen LogP contribution in [-0.4, -0.2) is 13.4 Å². The monoisotopic (exact) mass is 222 g/mol. The lowest BCUT2D eigenvalue weighted by Crippen LogP contribution is -1.99. The molecule has 1 heterocycles. The number of hydrogen-bond acceptors (Lipinski definition) is 4. The molecule has 2 aromatic rings. The molecule has 0 saturated carbocycles. The van der Waals surface area contributed by atoms with Crippen molar-refractivity contribution in [2.24, 2.45) is 0 Å². The Hall–Kier alpha value is -1.42. The summed E-state index contributed by atoms with van der Waals surface area (Å²) < 4.78 is 10.5. The fourth-order valence-electron chi connectivity index (χ4n) is 1.34. The lowest BCUT2D eigenvalue weighted by Gasteiger charge is -2.02. The van der Waals surface area contributed by atoms with Gasteiger partial charge in [0.05, 0.1) is 12.5 Å². The number of rotatable bonds is 2. The number of hydrogen-bond donors (Lipinski definition) is 0. The summed E-state index contributed by atoms with van der Waals surface area (Å²) in [6, 6.07) is 6.70. The second-order valence-corrected chi connectivity index (χ2v) is 3.81. The van der Waals surface area contributed by atoms with E-state index >= 15 is 0 Å². The highest BCUT2D eigenvalue weighted by Gasteiger charge is 2.04. The average molecular weight is 222 g/mol. The molecule has 0 aliphatic rings. The van der Waals surface area contributed by atoms with Crippen LogP contribution in [0, 0.1) is 0 Å². The van der Waals surface area contributed by atoms with E-state index in [0.29, 0.717) is 21.8 Å². The molecule has 4 heteroatoms. The van der Waals surface area contributed by atoms with Gasteiger partial charge in [0, 0.05) is 6.07 Å². The normalized spacial score (nSPS) is 10.5. The highest BCUT2D eigenvalue weighted by Crippen LogP contribution is 2.22. The van der Waals surface area contributed by atoms with Gasteiger partial charge in [-0.3, -0.25) is 4.79 Å². The maximum atomic E-state index is 11.7. The molecule has 0 amide bonds. The number of fused-ring (bicyclic) bond motifs is 1. The molecule has 0 aliphatic carbocycles. The first-order valence-corrected chi connectivity index (χ1v) is 5.63. The lowest BCUT2D eigenvalue weighted by molar-refractivity contribution is 0.414. The Kier molecular flexibility index (Phi) is 2.68. The Labute approximate surface area is 91.0 Å². The zero-order valence-corrected chi connectivity index (χ0v) is 9.26. The average Bonchev–Trinajstić information content (AvgIpc) is 2.28. The Morgan fingerprint density at radius 2 is 2.13 bits per heavy atom. The molecule has 0 unspecified atom stereocenters. The van der Waals surface area contributed by atoms with E-state index in [2.05, 4.69) is 0 Å². The van der Waals surface area contributed by atoms with E-state index in [4.69, 9.17) is 9.15 Å². The highest BCUT2D eigenvalue weighted by atomic mass is 32.2. The predicted molar refractivity (Wildman–Crippen MR) is 60.8 cm³/mol. The quantitative estimate of drug-likeness (QED) is 0.732. The van der Waals surface area contributed by atoms with Crippen LogP contribution in [0.5, 0.6) is 5.75 Å². The fourth-order valence-corrected chi connectivity index (χ4v) is 1.74. The van der Waals surface area contributed by atoms with Crippen LogP contribution in [0.2, 0.25) is 0 Å². The van der Waals surface area contributed by atoms with Crippen molar-refractivity contribution in [1.82, 2.24) is 0 Å². The van der Waals surface area contributed by atoms with Gasteiger partial charge in [0.15, 0.2) is 10.5 Å². The SMILES string of the molecule is COc1ccc2oc(SC)cc(=O)c2c1. The van der Waals surface area contributed by atoms with Crippen molar-refractivity contribution >= 4 is 22.7 Å². The molecule has 0 fully saturated rings. The fraction of sp³-hybridized carbons (Fsp3) is 0.182. The first kappa shape index (κ1) is 10.1.